The Morgan fingerprint density at radius 1 is 1.12 bits per heavy atom. The molecule has 0 saturated carbocycles. The average Bonchev–Trinajstić information content (AvgIpc) is 3.29. The van der Waals surface area contributed by atoms with Gasteiger partial charge in [0.1, 0.15) is 5.82 Å². The lowest BCUT2D eigenvalue weighted by molar-refractivity contribution is -0.132. The van der Waals surface area contributed by atoms with Crippen LogP contribution in [0, 0.1) is 6.92 Å². The van der Waals surface area contributed by atoms with Crippen molar-refractivity contribution < 1.29 is 9.59 Å². The molecule has 4 rings (SSSR count). The van der Waals surface area contributed by atoms with E-state index >= 15 is 0 Å². The number of pyridine rings is 1. The van der Waals surface area contributed by atoms with E-state index in [2.05, 4.69) is 15.3 Å². The van der Waals surface area contributed by atoms with Crippen molar-refractivity contribution in [2.24, 2.45) is 0 Å². The fraction of sp³-hybridized carbons (Fsp3) is 0.320. The monoisotopic (exact) mass is 463 g/mol. The number of nitrogens with one attached hydrogen (secondary N) is 1. The summed E-state index contributed by atoms with van der Waals surface area (Å²) in [5.74, 6) is 1.03. The minimum Gasteiger partial charge on any atom is -0.334 e. The molecule has 1 aliphatic rings. The van der Waals surface area contributed by atoms with Gasteiger partial charge in [0.15, 0.2) is 5.82 Å². The van der Waals surface area contributed by atoms with E-state index in [-0.39, 0.29) is 24.3 Å². The van der Waals surface area contributed by atoms with Crippen LogP contribution in [0.4, 0.5) is 5.82 Å². The molecule has 2 aromatic heterocycles. The number of carbonyl (C=O) groups excluding carboxylic acids is 2. The number of nitrogens with zero attached hydrogens (tertiary/aromatic N) is 4. The number of likely N-dealkylation sites (tertiary alicyclic amines) is 1. The Kier molecular flexibility index (Phi) is 7.29. The second-order valence-corrected chi connectivity index (χ2v) is 8.56. The Labute approximate surface area is 198 Å². The van der Waals surface area contributed by atoms with Crippen LogP contribution in [-0.2, 0) is 9.59 Å². The lowest BCUT2D eigenvalue weighted by atomic mass is 10.1. The minimum atomic E-state index is -0.138. The minimum absolute atomic E-state index is 0.0434. The van der Waals surface area contributed by atoms with Gasteiger partial charge < -0.3 is 10.2 Å². The van der Waals surface area contributed by atoms with Gasteiger partial charge in [-0.25, -0.2) is 15.0 Å². The van der Waals surface area contributed by atoms with Crippen LogP contribution in [0.15, 0.2) is 54.7 Å². The van der Waals surface area contributed by atoms with Crippen molar-refractivity contribution in [3.8, 4) is 11.4 Å². The smallest absolute Gasteiger partial charge is 0.225 e. The van der Waals surface area contributed by atoms with E-state index in [9.17, 15) is 9.59 Å². The maximum Gasteiger partial charge on any atom is 0.225 e. The lowest BCUT2D eigenvalue weighted by Gasteiger charge is -2.24. The first-order chi connectivity index (χ1) is 16.0. The topological polar surface area (TPSA) is 88.1 Å². The molecule has 0 aliphatic carbocycles. The number of aromatic nitrogens is 3. The summed E-state index contributed by atoms with van der Waals surface area (Å²) in [5, 5.41) is 3.41. The highest BCUT2D eigenvalue weighted by Gasteiger charge is 2.30. The average molecular weight is 464 g/mol. The number of amides is 2. The summed E-state index contributed by atoms with van der Waals surface area (Å²) in [5.41, 5.74) is 2.51. The number of rotatable bonds is 7. The van der Waals surface area contributed by atoms with E-state index < -0.39 is 0 Å². The molecule has 33 heavy (non-hydrogen) atoms. The van der Waals surface area contributed by atoms with Crippen LogP contribution in [-0.4, -0.2) is 38.2 Å². The maximum absolute atomic E-state index is 12.9. The first kappa shape index (κ1) is 22.9. The molecule has 1 N–H and O–H groups in total. The van der Waals surface area contributed by atoms with E-state index in [1.807, 2.05) is 54.3 Å². The number of carbonyl (C=O) groups is 2. The molecule has 3 heterocycles. The summed E-state index contributed by atoms with van der Waals surface area (Å²) < 4.78 is 0. The molecule has 1 atom stereocenters. The van der Waals surface area contributed by atoms with Crippen LogP contribution in [0.2, 0.25) is 5.02 Å². The highest BCUT2D eigenvalue weighted by molar-refractivity contribution is 6.30. The second-order valence-electron chi connectivity index (χ2n) is 8.13. The van der Waals surface area contributed by atoms with Gasteiger partial charge in [-0.2, -0.15) is 0 Å². The lowest BCUT2D eigenvalue weighted by Crippen LogP contribution is -2.31. The van der Waals surface area contributed by atoms with Crippen molar-refractivity contribution in [1.82, 2.24) is 19.9 Å². The Hall–Kier alpha value is -3.32. The number of benzene rings is 1. The molecule has 3 aromatic rings. The van der Waals surface area contributed by atoms with Gasteiger partial charge >= 0.3 is 0 Å². The van der Waals surface area contributed by atoms with E-state index in [1.54, 1.807) is 12.3 Å². The maximum atomic E-state index is 12.9. The highest BCUT2D eigenvalue weighted by Crippen LogP contribution is 2.32. The van der Waals surface area contributed by atoms with E-state index in [0.29, 0.717) is 36.1 Å². The summed E-state index contributed by atoms with van der Waals surface area (Å²) in [4.78, 5) is 40.4. The zero-order chi connectivity index (χ0) is 23.2. The van der Waals surface area contributed by atoms with Gasteiger partial charge in [0.25, 0.3) is 0 Å². The van der Waals surface area contributed by atoms with Gasteiger partial charge in [-0.3, -0.25) is 9.59 Å². The first-order valence-electron chi connectivity index (χ1n) is 11.1. The largest absolute Gasteiger partial charge is 0.334 e. The number of hydrogen-bond acceptors (Lipinski definition) is 5. The third kappa shape index (κ3) is 5.93. The predicted octanol–water partition coefficient (Wildman–Crippen LogP) is 4.97. The predicted molar refractivity (Wildman–Crippen MR) is 128 cm³/mol. The Morgan fingerprint density at radius 3 is 2.79 bits per heavy atom. The molecular formula is C25H26ClN5O2. The van der Waals surface area contributed by atoms with Crippen LogP contribution in [0.1, 0.15) is 49.5 Å². The van der Waals surface area contributed by atoms with Gasteiger partial charge in [-0.1, -0.05) is 29.8 Å². The molecule has 0 bridgehead atoms. The van der Waals surface area contributed by atoms with Gasteiger partial charge in [-0.15, -0.1) is 0 Å². The zero-order valence-electron chi connectivity index (χ0n) is 18.5. The molecule has 0 radical (unpaired) electrons. The Bertz CT molecular complexity index is 1150. The molecular weight excluding hydrogens is 438 g/mol. The third-order valence-corrected chi connectivity index (χ3v) is 5.86. The van der Waals surface area contributed by atoms with Crippen LogP contribution in [0.3, 0.4) is 0 Å². The number of anilines is 1. The summed E-state index contributed by atoms with van der Waals surface area (Å²) in [7, 11) is 0. The van der Waals surface area contributed by atoms with Crippen molar-refractivity contribution in [2.75, 3.05) is 11.9 Å². The highest BCUT2D eigenvalue weighted by atomic mass is 35.5. The quantitative estimate of drug-likeness (QED) is 0.534. The molecule has 0 unspecified atom stereocenters. The standard InChI is InChI=1S/C25H26ClN5O2/c1-17-6-2-10-22(28-17)30-23(32)11-4-12-24(33)31-15-5-9-21(31)20-13-14-27-25(29-20)18-7-3-8-19(26)16-18/h2-3,6-8,10,13-14,16,21H,4-5,9,11-12,15H2,1H3,(H,28,30,32)/t21-/m0/s1. The SMILES string of the molecule is Cc1cccc(NC(=O)CCCC(=O)N2CCC[C@H]2c2ccnc(-c3cccc(Cl)c3)n2)n1. The van der Waals surface area contributed by atoms with Crippen molar-refractivity contribution in [3.05, 3.63) is 71.1 Å². The van der Waals surface area contributed by atoms with Crippen molar-refractivity contribution in [2.45, 2.75) is 45.1 Å². The van der Waals surface area contributed by atoms with Crippen LogP contribution in [0.25, 0.3) is 11.4 Å². The van der Waals surface area contributed by atoms with Crippen molar-refractivity contribution in [3.63, 3.8) is 0 Å². The van der Waals surface area contributed by atoms with Crippen molar-refractivity contribution in [1.29, 1.82) is 0 Å². The summed E-state index contributed by atoms with van der Waals surface area (Å²) in [6.07, 6.45) is 4.58. The molecule has 170 valence electrons. The summed E-state index contributed by atoms with van der Waals surface area (Å²) in [6.45, 7) is 2.57. The molecule has 2 amide bonds. The molecule has 0 spiro atoms. The molecule has 8 heteroatoms. The van der Waals surface area contributed by atoms with E-state index in [4.69, 9.17) is 16.6 Å². The zero-order valence-corrected chi connectivity index (χ0v) is 19.3. The van der Waals surface area contributed by atoms with E-state index in [0.717, 1.165) is 29.8 Å². The van der Waals surface area contributed by atoms with E-state index in [1.165, 1.54) is 0 Å². The Balaban J connectivity index is 1.35. The number of halogens is 1. The molecule has 1 saturated heterocycles. The Morgan fingerprint density at radius 2 is 1.97 bits per heavy atom. The fourth-order valence-electron chi connectivity index (χ4n) is 4.06. The summed E-state index contributed by atoms with van der Waals surface area (Å²) >= 11 is 6.11. The van der Waals surface area contributed by atoms with Crippen LogP contribution in [0.5, 0.6) is 0 Å². The van der Waals surface area contributed by atoms with Gasteiger partial charge in [0.05, 0.1) is 11.7 Å². The van der Waals surface area contributed by atoms with Crippen LogP contribution < -0.4 is 5.32 Å². The summed E-state index contributed by atoms with van der Waals surface area (Å²) in [6, 6.07) is 14.7. The molecule has 7 nitrogen and oxygen atoms in total. The van der Waals surface area contributed by atoms with Gasteiger partial charge in [-0.05, 0) is 56.5 Å². The third-order valence-electron chi connectivity index (χ3n) is 5.62. The normalized spacial score (nSPS) is 15.5. The fourth-order valence-corrected chi connectivity index (χ4v) is 4.25. The number of hydrogen-bond donors (Lipinski definition) is 1. The first-order valence-corrected chi connectivity index (χ1v) is 11.5. The van der Waals surface area contributed by atoms with Crippen LogP contribution >= 0.6 is 11.6 Å². The van der Waals surface area contributed by atoms with Gasteiger partial charge in [0, 0.05) is 41.9 Å². The van der Waals surface area contributed by atoms with Crippen molar-refractivity contribution >= 4 is 29.2 Å². The number of aryl methyl sites for hydroxylation is 1. The van der Waals surface area contributed by atoms with Gasteiger partial charge in [0.2, 0.25) is 11.8 Å². The molecule has 1 aliphatic heterocycles. The molecule has 1 aromatic carbocycles. The second kappa shape index (κ2) is 10.5. The molecule has 1 fully saturated rings.